The van der Waals surface area contributed by atoms with Crippen molar-refractivity contribution in [1.82, 2.24) is 0 Å². The SMILES string of the molecule is C=C(/C=C\N=C(C)CCC)C1=C(CC)CC=N1.CC1(C)CCCc2sc(N)c(C#N)c21. The van der Waals surface area contributed by atoms with Crippen LogP contribution in [0.4, 0.5) is 5.00 Å². The fraction of sp³-hybridized carbons (Fsp3) is 0.500. The number of aliphatic imine (C=N–C) groups is 2. The fourth-order valence-corrected chi connectivity index (χ4v) is 5.37. The minimum atomic E-state index is 0.132. The van der Waals surface area contributed by atoms with Gasteiger partial charge in [-0.15, -0.1) is 11.3 Å². The maximum atomic E-state index is 9.07. The summed E-state index contributed by atoms with van der Waals surface area (Å²) in [5.41, 5.74) is 12.5. The molecule has 1 aromatic rings. The second-order valence-electron chi connectivity index (χ2n) is 8.77. The molecule has 1 aromatic heterocycles. The van der Waals surface area contributed by atoms with Crippen LogP contribution in [0.5, 0.6) is 0 Å². The van der Waals surface area contributed by atoms with Gasteiger partial charge in [-0.2, -0.15) is 5.26 Å². The van der Waals surface area contributed by atoms with Crippen molar-refractivity contribution in [1.29, 1.82) is 5.26 Å². The van der Waals surface area contributed by atoms with E-state index in [1.807, 2.05) is 18.5 Å². The number of nitrogens with zero attached hydrogens (tertiary/aromatic N) is 3. The van der Waals surface area contributed by atoms with E-state index in [9.17, 15) is 0 Å². The molecule has 0 aromatic carbocycles. The Hall–Kier alpha value is -2.45. The van der Waals surface area contributed by atoms with E-state index in [2.05, 4.69) is 57.3 Å². The van der Waals surface area contributed by atoms with Gasteiger partial charge in [-0.25, -0.2) is 0 Å². The molecule has 0 spiro atoms. The lowest BCUT2D eigenvalue weighted by molar-refractivity contribution is 0.435. The van der Waals surface area contributed by atoms with E-state index in [1.54, 1.807) is 11.3 Å². The second-order valence-corrected chi connectivity index (χ2v) is 9.90. The summed E-state index contributed by atoms with van der Waals surface area (Å²) in [7, 11) is 0. The van der Waals surface area contributed by atoms with E-state index in [4.69, 9.17) is 11.0 Å². The van der Waals surface area contributed by atoms with Gasteiger partial charge in [0, 0.05) is 29.4 Å². The molecule has 166 valence electrons. The van der Waals surface area contributed by atoms with E-state index < -0.39 is 0 Å². The van der Waals surface area contributed by atoms with Crippen LogP contribution in [0.1, 0.15) is 89.1 Å². The Morgan fingerprint density at radius 1 is 1.42 bits per heavy atom. The van der Waals surface area contributed by atoms with Gasteiger partial charge in [-0.05, 0) is 67.2 Å². The number of hydrogen-bond donors (Lipinski definition) is 1. The first-order chi connectivity index (χ1) is 14.7. The molecular weight excluding hydrogens is 400 g/mol. The second kappa shape index (κ2) is 11.2. The molecule has 0 atom stereocenters. The first kappa shape index (κ1) is 24.8. The normalized spacial score (nSPS) is 17.4. The third kappa shape index (κ3) is 6.27. The van der Waals surface area contributed by atoms with Gasteiger partial charge in [-0.1, -0.05) is 40.7 Å². The third-order valence-corrected chi connectivity index (χ3v) is 6.89. The molecule has 0 saturated heterocycles. The zero-order valence-corrected chi connectivity index (χ0v) is 20.5. The summed E-state index contributed by atoms with van der Waals surface area (Å²) < 4.78 is 0. The van der Waals surface area contributed by atoms with Crippen molar-refractivity contribution in [3.63, 3.8) is 0 Å². The molecule has 0 bridgehead atoms. The van der Waals surface area contributed by atoms with Crippen LogP contribution in [0.3, 0.4) is 0 Å². The summed E-state index contributed by atoms with van der Waals surface area (Å²) in [4.78, 5) is 10.1. The Balaban J connectivity index is 0.000000224. The lowest BCUT2D eigenvalue weighted by atomic mass is 9.74. The molecule has 0 unspecified atom stereocenters. The highest BCUT2D eigenvalue weighted by Gasteiger charge is 2.33. The van der Waals surface area contributed by atoms with E-state index in [0.717, 1.165) is 61.1 Å². The molecule has 2 N–H and O–H groups in total. The van der Waals surface area contributed by atoms with Crippen molar-refractivity contribution in [2.75, 3.05) is 5.73 Å². The number of aryl methyl sites for hydroxylation is 1. The number of thiophene rings is 1. The molecule has 3 rings (SSSR count). The van der Waals surface area contributed by atoms with Gasteiger partial charge in [0.2, 0.25) is 0 Å². The molecule has 2 aliphatic rings. The maximum Gasteiger partial charge on any atom is 0.104 e. The summed E-state index contributed by atoms with van der Waals surface area (Å²) in [6, 6.07) is 2.24. The summed E-state index contributed by atoms with van der Waals surface area (Å²) in [6.07, 6.45) is 13.4. The molecule has 5 heteroatoms. The molecular formula is C26H36N4S. The quantitative estimate of drug-likeness (QED) is 0.376. The fourth-order valence-electron chi connectivity index (χ4n) is 4.13. The summed E-state index contributed by atoms with van der Waals surface area (Å²) in [5.74, 6) is 0. The Bertz CT molecular complexity index is 964. The van der Waals surface area contributed by atoms with E-state index >= 15 is 0 Å². The first-order valence-corrected chi connectivity index (χ1v) is 12.0. The van der Waals surface area contributed by atoms with Gasteiger partial charge >= 0.3 is 0 Å². The lowest BCUT2D eigenvalue weighted by Gasteiger charge is -2.30. The molecule has 31 heavy (non-hydrogen) atoms. The Kier molecular flexibility index (Phi) is 9.00. The first-order valence-electron chi connectivity index (χ1n) is 11.2. The van der Waals surface area contributed by atoms with E-state index in [1.165, 1.54) is 22.4 Å². The Morgan fingerprint density at radius 3 is 2.81 bits per heavy atom. The Labute approximate surface area is 192 Å². The van der Waals surface area contributed by atoms with Gasteiger partial charge in [-0.3, -0.25) is 9.98 Å². The van der Waals surface area contributed by atoms with Gasteiger partial charge in [0.25, 0.3) is 0 Å². The molecule has 0 fully saturated rings. The highest BCUT2D eigenvalue weighted by molar-refractivity contribution is 7.16. The highest BCUT2D eigenvalue weighted by atomic mass is 32.1. The zero-order valence-electron chi connectivity index (χ0n) is 19.7. The van der Waals surface area contributed by atoms with Crippen molar-refractivity contribution >= 4 is 28.3 Å². The summed E-state index contributed by atoms with van der Waals surface area (Å²) in [6.45, 7) is 14.8. The smallest absolute Gasteiger partial charge is 0.104 e. The van der Waals surface area contributed by atoms with Crippen molar-refractivity contribution in [3.05, 3.63) is 51.7 Å². The standard InChI is InChI=1S/C15H22N2.C11H14N2S/c1-5-7-13(4)16-10-8-12(3)15-14(6-2)9-11-17-15;1-11(2)5-3-4-8-9(11)7(6-12)10(13)14-8/h8,10-11H,3,5-7,9H2,1-2,4H3;3-5,13H2,1-2H3/b10-8-,16-13?;. The van der Waals surface area contributed by atoms with Crippen LogP contribution in [-0.4, -0.2) is 11.9 Å². The van der Waals surface area contributed by atoms with Gasteiger partial charge in [0.1, 0.15) is 11.1 Å². The van der Waals surface area contributed by atoms with Gasteiger partial charge in [0.15, 0.2) is 0 Å². The number of allylic oxidation sites excluding steroid dienone is 2. The molecule has 0 amide bonds. The molecule has 0 radical (unpaired) electrons. The molecule has 2 heterocycles. The molecule has 1 aliphatic heterocycles. The van der Waals surface area contributed by atoms with Crippen LogP contribution >= 0.6 is 11.3 Å². The predicted octanol–water partition coefficient (Wildman–Crippen LogP) is 7.27. The van der Waals surface area contributed by atoms with E-state index in [-0.39, 0.29) is 5.41 Å². The minimum absolute atomic E-state index is 0.132. The van der Waals surface area contributed by atoms with Crippen molar-refractivity contribution in [2.45, 2.75) is 85.0 Å². The number of anilines is 1. The average Bonchev–Trinajstić information content (AvgIpc) is 3.32. The summed E-state index contributed by atoms with van der Waals surface area (Å²) >= 11 is 1.60. The number of hydrogen-bond acceptors (Lipinski definition) is 5. The molecule has 1 aliphatic carbocycles. The number of nitriles is 1. The van der Waals surface area contributed by atoms with Crippen LogP contribution in [0, 0.1) is 11.3 Å². The monoisotopic (exact) mass is 436 g/mol. The Morgan fingerprint density at radius 2 is 2.16 bits per heavy atom. The highest BCUT2D eigenvalue weighted by Crippen LogP contribution is 2.44. The lowest BCUT2D eigenvalue weighted by Crippen LogP contribution is -2.23. The number of nitrogens with two attached hydrogens (primary N) is 1. The minimum Gasteiger partial charge on any atom is -0.389 e. The van der Waals surface area contributed by atoms with Crippen LogP contribution in [0.25, 0.3) is 0 Å². The van der Waals surface area contributed by atoms with Crippen molar-refractivity contribution in [2.24, 2.45) is 9.98 Å². The predicted molar refractivity (Wildman–Crippen MR) is 136 cm³/mol. The molecule has 4 nitrogen and oxygen atoms in total. The molecule has 0 saturated carbocycles. The number of rotatable bonds is 6. The third-order valence-electron chi connectivity index (χ3n) is 5.81. The number of nitrogen functional groups attached to an aromatic ring is 1. The average molecular weight is 437 g/mol. The summed E-state index contributed by atoms with van der Waals surface area (Å²) in [5, 5.41) is 9.77. The van der Waals surface area contributed by atoms with Crippen molar-refractivity contribution < 1.29 is 0 Å². The van der Waals surface area contributed by atoms with E-state index in [0.29, 0.717) is 5.00 Å². The van der Waals surface area contributed by atoms with Crippen LogP contribution < -0.4 is 5.73 Å². The van der Waals surface area contributed by atoms with Crippen LogP contribution in [-0.2, 0) is 11.8 Å². The number of fused-ring (bicyclic) bond motifs is 1. The maximum absolute atomic E-state index is 9.07. The van der Waals surface area contributed by atoms with Gasteiger partial charge in [0.05, 0.1) is 11.3 Å². The van der Waals surface area contributed by atoms with Crippen LogP contribution in [0.2, 0.25) is 0 Å². The largest absolute Gasteiger partial charge is 0.389 e. The van der Waals surface area contributed by atoms with Crippen LogP contribution in [0.15, 0.2) is 45.7 Å². The zero-order chi connectivity index (χ0) is 23.0. The topological polar surface area (TPSA) is 74.5 Å². The van der Waals surface area contributed by atoms with Gasteiger partial charge < -0.3 is 5.73 Å². The van der Waals surface area contributed by atoms with Crippen molar-refractivity contribution in [3.8, 4) is 6.07 Å².